The first kappa shape index (κ1) is 56.2. The van der Waals surface area contributed by atoms with Gasteiger partial charge in [0.15, 0.2) is 0 Å². The van der Waals surface area contributed by atoms with Gasteiger partial charge in [-0.1, -0.05) is 225 Å². The van der Waals surface area contributed by atoms with Crippen molar-refractivity contribution in [1.82, 2.24) is 15.0 Å². The quantitative estimate of drug-likeness (QED) is 0.0601. The number of ether oxygens (including phenoxy) is 3. The molecule has 0 spiro atoms. The zero-order chi connectivity index (χ0) is 55.9. The summed E-state index contributed by atoms with van der Waals surface area (Å²) in [7, 11) is 0. The highest BCUT2D eigenvalue weighted by molar-refractivity contribution is 5.94. The van der Waals surface area contributed by atoms with Crippen LogP contribution in [-0.4, -0.2) is 34.8 Å². The Morgan fingerprint density at radius 3 is 0.741 bits per heavy atom. The van der Waals surface area contributed by atoms with E-state index < -0.39 is 0 Å². The van der Waals surface area contributed by atoms with Gasteiger partial charge in [0, 0.05) is 71.8 Å². The Kier molecular flexibility index (Phi) is 19.0. The molecule has 81 heavy (non-hydrogen) atoms. The number of benzene rings is 7. The zero-order valence-electron chi connectivity index (χ0n) is 47.9. The maximum Gasteiger partial charge on any atom is 0.0717 e. The number of aromatic nitrogens is 3. The van der Waals surface area contributed by atoms with Crippen molar-refractivity contribution < 1.29 is 14.2 Å². The third-order valence-electron chi connectivity index (χ3n) is 15.7. The average molecular weight is 1070 g/mol. The lowest BCUT2D eigenvalue weighted by molar-refractivity contribution is 0.0910. The first-order chi connectivity index (χ1) is 39.7. The van der Waals surface area contributed by atoms with E-state index in [9.17, 15) is 0 Å². The Labute approximate surface area is 481 Å². The number of pyridine rings is 3. The van der Waals surface area contributed by atoms with E-state index in [4.69, 9.17) is 29.2 Å². The highest BCUT2D eigenvalue weighted by Crippen LogP contribution is 2.42. The van der Waals surface area contributed by atoms with Crippen LogP contribution >= 0.6 is 0 Å². The Hall–Kier alpha value is -8.13. The van der Waals surface area contributed by atoms with Crippen LogP contribution in [0.2, 0.25) is 0 Å². The molecule has 3 unspecified atom stereocenters. The molecule has 0 aliphatic heterocycles. The lowest BCUT2D eigenvalue weighted by Gasteiger charge is -2.18. The zero-order valence-corrected chi connectivity index (χ0v) is 47.9. The summed E-state index contributed by atoms with van der Waals surface area (Å²) >= 11 is 0. The van der Waals surface area contributed by atoms with Crippen LogP contribution < -0.4 is 0 Å². The molecule has 6 heteroatoms. The molecule has 0 saturated heterocycles. The van der Waals surface area contributed by atoms with Gasteiger partial charge in [0.25, 0.3) is 0 Å². The summed E-state index contributed by atoms with van der Waals surface area (Å²) < 4.78 is 18.0. The standard InChI is InChI=1S/C75H75N3O3/c1-7-52(4)46-79-49-55-22-28-58(29-23-55)73-37-34-61(43-76-73)67-16-10-13-19-70(67)64-40-65(71-20-14-11-17-68(71)62-35-38-74(77-44-62)59-30-24-56(25-31-59)50-80-47-53(5)8-2)42-66(41-64)72-21-15-12-18-69(72)63-36-39-75(78-45-63)60-32-26-57(27-33-60)51-81-48-54(6)9-3/h10-45,52-54H,7-9,46-51H2,1-6H3. The van der Waals surface area contributed by atoms with Crippen molar-refractivity contribution in [3.05, 3.63) is 235 Å². The Morgan fingerprint density at radius 2 is 0.519 bits per heavy atom. The van der Waals surface area contributed by atoms with Gasteiger partial charge in [-0.15, -0.1) is 0 Å². The van der Waals surface area contributed by atoms with Crippen LogP contribution in [0.25, 0.3) is 101 Å². The predicted octanol–water partition coefficient (Wildman–Crippen LogP) is 19.6. The fraction of sp³-hybridized carbons (Fsp3) is 0.240. The van der Waals surface area contributed by atoms with Gasteiger partial charge < -0.3 is 14.2 Å². The molecule has 0 radical (unpaired) electrons. The summed E-state index contributed by atoms with van der Waals surface area (Å²) in [6, 6.07) is 71.8. The van der Waals surface area contributed by atoms with Gasteiger partial charge in [-0.25, -0.2) is 0 Å². The molecule has 3 atom stereocenters. The van der Waals surface area contributed by atoms with E-state index in [0.717, 1.165) is 156 Å². The number of hydrogen-bond acceptors (Lipinski definition) is 6. The van der Waals surface area contributed by atoms with Gasteiger partial charge in [-0.05, 0) is 121 Å². The van der Waals surface area contributed by atoms with E-state index in [2.05, 4.69) is 242 Å². The summed E-state index contributed by atoms with van der Waals surface area (Å²) in [5.41, 5.74) is 22.6. The van der Waals surface area contributed by atoms with Gasteiger partial charge in [-0.2, -0.15) is 0 Å². The van der Waals surface area contributed by atoms with Crippen molar-refractivity contribution in [3.8, 4) is 101 Å². The maximum atomic E-state index is 5.99. The van der Waals surface area contributed by atoms with Gasteiger partial charge in [0.1, 0.15) is 0 Å². The van der Waals surface area contributed by atoms with Crippen LogP contribution in [0.1, 0.15) is 77.5 Å². The van der Waals surface area contributed by atoms with Gasteiger partial charge in [0.2, 0.25) is 0 Å². The van der Waals surface area contributed by atoms with Gasteiger partial charge in [0.05, 0.1) is 36.9 Å². The molecular weight excluding hydrogens is 991 g/mol. The number of rotatable bonds is 24. The van der Waals surface area contributed by atoms with Crippen molar-refractivity contribution in [1.29, 1.82) is 0 Å². The fourth-order valence-electron chi connectivity index (χ4n) is 10.0. The minimum Gasteiger partial charge on any atom is -0.376 e. The smallest absolute Gasteiger partial charge is 0.0717 e. The molecule has 0 aliphatic carbocycles. The third kappa shape index (κ3) is 14.3. The molecule has 3 heterocycles. The maximum absolute atomic E-state index is 5.99. The van der Waals surface area contributed by atoms with Crippen LogP contribution in [-0.2, 0) is 34.0 Å². The second kappa shape index (κ2) is 27.4. The van der Waals surface area contributed by atoms with Gasteiger partial charge in [-0.3, -0.25) is 15.0 Å². The van der Waals surface area contributed by atoms with E-state index in [1.807, 2.05) is 18.6 Å². The van der Waals surface area contributed by atoms with E-state index in [1.165, 1.54) is 0 Å². The molecule has 10 aromatic rings. The largest absolute Gasteiger partial charge is 0.376 e. The molecule has 0 amide bonds. The van der Waals surface area contributed by atoms with Gasteiger partial charge >= 0.3 is 0 Å². The van der Waals surface area contributed by atoms with Crippen molar-refractivity contribution >= 4 is 0 Å². The Balaban J connectivity index is 0.988. The molecule has 7 aromatic carbocycles. The first-order valence-electron chi connectivity index (χ1n) is 29.1. The molecule has 10 rings (SSSR count). The molecule has 0 fully saturated rings. The normalized spacial score (nSPS) is 12.5. The third-order valence-corrected chi connectivity index (χ3v) is 15.7. The summed E-state index contributed by atoms with van der Waals surface area (Å²) in [5, 5.41) is 0. The molecule has 3 aromatic heterocycles. The first-order valence-corrected chi connectivity index (χ1v) is 29.1. The average Bonchev–Trinajstić information content (AvgIpc) is 3.61. The fourth-order valence-corrected chi connectivity index (χ4v) is 10.0. The second-order valence-corrected chi connectivity index (χ2v) is 21.9. The lowest BCUT2D eigenvalue weighted by atomic mass is 9.86. The number of hydrogen-bond donors (Lipinski definition) is 0. The van der Waals surface area contributed by atoms with E-state index in [-0.39, 0.29) is 0 Å². The minimum absolute atomic E-state index is 0.553. The van der Waals surface area contributed by atoms with E-state index in [0.29, 0.717) is 37.6 Å². The second-order valence-electron chi connectivity index (χ2n) is 21.9. The highest BCUT2D eigenvalue weighted by atomic mass is 16.5. The molecule has 0 saturated carbocycles. The summed E-state index contributed by atoms with van der Waals surface area (Å²) in [5.74, 6) is 1.66. The molecule has 408 valence electrons. The molecule has 0 bridgehead atoms. The predicted molar refractivity (Wildman–Crippen MR) is 336 cm³/mol. The topological polar surface area (TPSA) is 66.4 Å². The summed E-state index contributed by atoms with van der Waals surface area (Å²) in [6.45, 7) is 17.4. The van der Waals surface area contributed by atoms with E-state index in [1.54, 1.807) is 0 Å². The molecule has 0 N–H and O–H groups in total. The van der Waals surface area contributed by atoms with E-state index >= 15 is 0 Å². The number of nitrogens with zero attached hydrogens (tertiary/aromatic N) is 3. The van der Waals surface area contributed by atoms with Crippen LogP contribution in [0.5, 0.6) is 0 Å². The molecule has 6 nitrogen and oxygen atoms in total. The summed E-state index contributed by atoms with van der Waals surface area (Å²) in [6.07, 6.45) is 9.37. The molecular formula is C75H75N3O3. The van der Waals surface area contributed by atoms with Crippen molar-refractivity contribution in [2.45, 2.75) is 80.6 Å². The van der Waals surface area contributed by atoms with Crippen LogP contribution in [0, 0.1) is 17.8 Å². The highest BCUT2D eigenvalue weighted by Gasteiger charge is 2.18. The lowest BCUT2D eigenvalue weighted by Crippen LogP contribution is -2.04. The van der Waals surface area contributed by atoms with Crippen LogP contribution in [0.15, 0.2) is 219 Å². The van der Waals surface area contributed by atoms with Crippen LogP contribution in [0.4, 0.5) is 0 Å². The van der Waals surface area contributed by atoms with Crippen LogP contribution in [0.3, 0.4) is 0 Å². The Morgan fingerprint density at radius 1 is 0.284 bits per heavy atom. The SMILES string of the molecule is CCC(C)COCc1ccc(-c2ccc(-c3ccccc3-c3cc(-c4ccccc4-c4ccc(-c5ccc(COCC(C)CC)cc5)nc4)cc(-c4ccccc4-c4ccc(-c5ccc(COCC(C)CC)cc5)nc4)c3)cn2)cc1. The minimum atomic E-state index is 0.553. The van der Waals surface area contributed by atoms with Crippen molar-refractivity contribution in [2.75, 3.05) is 19.8 Å². The molecule has 0 aliphatic rings. The Bertz CT molecular complexity index is 3200. The monoisotopic (exact) mass is 1070 g/mol. The van der Waals surface area contributed by atoms with Crippen molar-refractivity contribution in [2.24, 2.45) is 17.8 Å². The van der Waals surface area contributed by atoms with Crippen molar-refractivity contribution in [3.63, 3.8) is 0 Å². The summed E-state index contributed by atoms with van der Waals surface area (Å²) in [4.78, 5) is 15.1.